The number of esters is 1. The van der Waals surface area contributed by atoms with Crippen LogP contribution >= 0.6 is 0 Å². The third-order valence-corrected chi connectivity index (χ3v) is 4.66. The summed E-state index contributed by atoms with van der Waals surface area (Å²) in [6.07, 6.45) is 6.53. The Hall–Kier alpha value is -0.650. The zero-order valence-corrected chi connectivity index (χ0v) is 13.1. The molecule has 0 aromatic heterocycles. The summed E-state index contributed by atoms with van der Waals surface area (Å²) in [4.78, 5) is 11.7. The second-order valence-corrected chi connectivity index (χ2v) is 6.35. The van der Waals surface area contributed by atoms with E-state index in [9.17, 15) is 9.90 Å². The lowest BCUT2D eigenvalue weighted by Gasteiger charge is -2.35. The van der Waals surface area contributed by atoms with E-state index in [0.717, 1.165) is 38.8 Å². The van der Waals surface area contributed by atoms with Crippen molar-refractivity contribution >= 4 is 5.97 Å². The summed E-state index contributed by atoms with van der Waals surface area (Å²) in [5.41, 5.74) is -0.667. The van der Waals surface area contributed by atoms with E-state index in [2.05, 4.69) is 5.32 Å². The van der Waals surface area contributed by atoms with Crippen molar-refractivity contribution in [2.75, 3.05) is 26.3 Å². The SMILES string of the molecule is CCOC(=O)C1CCC(O)(CNCCC2CCCO2)CC1. The maximum Gasteiger partial charge on any atom is 0.308 e. The van der Waals surface area contributed by atoms with Gasteiger partial charge in [-0.05, 0) is 58.4 Å². The molecular weight excluding hydrogens is 270 g/mol. The minimum Gasteiger partial charge on any atom is -0.466 e. The third-order valence-electron chi connectivity index (χ3n) is 4.66. The molecular formula is C16H29NO4. The molecule has 1 aliphatic heterocycles. The van der Waals surface area contributed by atoms with Gasteiger partial charge in [-0.2, -0.15) is 0 Å². The first-order valence-corrected chi connectivity index (χ1v) is 8.34. The normalized spacial score (nSPS) is 33.0. The predicted octanol–water partition coefficient (Wildman–Crippen LogP) is 1.63. The summed E-state index contributed by atoms with van der Waals surface area (Å²) < 4.78 is 10.6. The van der Waals surface area contributed by atoms with Gasteiger partial charge in [0, 0.05) is 13.2 Å². The fourth-order valence-electron chi connectivity index (χ4n) is 3.28. The largest absolute Gasteiger partial charge is 0.466 e. The zero-order valence-electron chi connectivity index (χ0n) is 13.1. The summed E-state index contributed by atoms with van der Waals surface area (Å²) in [5, 5.41) is 13.9. The van der Waals surface area contributed by atoms with Crippen LogP contribution in [0.25, 0.3) is 0 Å². The number of ether oxygens (including phenoxy) is 2. The molecule has 1 heterocycles. The van der Waals surface area contributed by atoms with Crippen LogP contribution in [0.1, 0.15) is 51.9 Å². The fourth-order valence-corrected chi connectivity index (χ4v) is 3.28. The smallest absolute Gasteiger partial charge is 0.308 e. The highest BCUT2D eigenvalue weighted by atomic mass is 16.5. The Morgan fingerprint density at radius 2 is 2.14 bits per heavy atom. The lowest BCUT2D eigenvalue weighted by Crippen LogP contribution is -2.45. The summed E-state index contributed by atoms with van der Waals surface area (Å²) >= 11 is 0. The van der Waals surface area contributed by atoms with Gasteiger partial charge in [-0.15, -0.1) is 0 Å². The molecule has 0 aromatic rings. The van der Waals surface area contributed by atoms with Crippen LogP contribution in [-0.2, 0) is 14.3 Å². The molecule has 1 atom stereocenters. The van der Waals surface area contributed by atoms with E-state index in [1.165, 1.54) is 6.42 Å². The monoisotopic (exact) mass is 299 g/mol. The first-order valence-electron chi connectivity index (χ1n) is 8.34. The van der Waals surface area contributed by atoms with Crippen molar-refractivity contribution in [2.24, 2.45) is 5.92 Å². The van der Waals surface area contributed by atoms with Crippen LogP contribution in [0.15, 0.2) is 0 Å². The van der Waals surface area contributed by atoms with Crippen molar-refractivity contribution in [2.45, 2.75) is 63.6 Å². The van der Waals surface area contributed by atoms with Crippen LogP contribution < -0.4 is 5.32 Å². The van der Waals surface area contributed by atoms with Gasteiger partial charge in [0.1, 0.15) is 0 Å². The quantitative estimate of drug-likeness (QED) is 0.552. The van der Waals surface area contributed by atoms with E-state index in [1.807, 2.05) is 6.92 Å². The molecule has 21 heavy (non-hydrogen) atoms. The number of carbonyl (C=O) groups excluding carboxylic acids is 1. The third kappa shape index (κ3) is 5.24. The van der Waals surface area contributed by atoms with Crippen molar-refractivity contribution in [3.05, 3.63) is 0 Å². The molecule has 5 nitrogen and oxygen atoms in total. The highest BCUT2D eigenvalue weighted by Gasteiger charge is 2.36. The Labute approximate surface area is 127 Å². The Balaban J connectivity index is 1.61. The minimum atomic E-state index is -0.667. The van der Waals surface area contributed by atoms with Crippen LogP contribution in [0.5, 0.6) is 0 Å². The van der Waals surface area contributed by atoms with Crippen molar-refractivity contribution < 1.29 is 19.4 Å². The van der Waals surface area contributed by atoms with Gasteiger partial charge in [0.25, 0.3) is 0 Å². The molecule has 0 aromatic carbocycles. The first-order chi connectivity index (χ1) is 10.1. The number of nitrogens with one attached hydrogen (secondary N) is 1. The van der Waals surface area contributed by atoms with Crippen LogP contribution in [0, 0.1) is 5.92 Å². The van der Waals surface area contributed by atoms with Gasteiger partial charge in [-0.25, -0.2) is 0 Å². The van der Waals surface area contributed by atoms with E-state index < -0.39 is 5.60 Å². The van der Waals surface area contributed by atoms with Crippen LogP contribution in [-0.4, -0.2) is 49.1 Å². The molecule has 0 amide bonds. The van der Waals surface area contributed by atoms with Gasteiger partial charge in [0.15, 0.2) is 0 Å². The van der Waals surface area contributed by atoms with Gasteiger partial charge in [-0.3, -0.25) is 4.79 Å². The summed E-state index contributed by atoms with van der Waals surface area (Å²) in [6, 6.07) is 0. The van der Waals surface area contributed by atoms with Gasteiger partial charge in [-0.1, -0.05) is 0 Å². The summed E-state index contributed by atoms with van der Waals surface area (Å²) in [5.74, 6) is -0.136. The molecule has 1 aliphatic carbocycles. The second kappa shape index (κ2) is 8.11. The Morgan fingerprint density at radius 1 is 1.38 bits per heavy atom. The lowest BCUT2D eigenvalue weighted by atomic mass is 9.79. The van der Waals surface area contributed by atoms with Crippen molar-refractivity contribution in [3.8, 4) is 0 Å². The Bertz CT molecular complexity index is 320. The lowest BCUT2D eigenvalue weighted by molar-refractivity contribution is -0.151. The van der Waals surface area contributed by atoms with Gasteiger partial charge >= 0.3 is 5.97 Å². The fraction of sp³-hybridized carbons (Fsp3) is 0.938. The number of hydrogen-bond acceptors (Lipinski definition) is 5. The van der Waals surface area contributed by atoms with E-state index in [4.69, 9.17) is 9.47 Å². The average Bonchev–Trinajstić information content (AvgIpc) is 2.98. The highest BCUT2D eigenvalue weighted by Crippen LogP contribution is 2.32. The molecule has 1 saturated heterocycles. The highest BCUT2D eigenvalue weighted by molar-refractivity contribution is 5.72. The second-order valence-electron chi connectivity index (χ2n) is 6.35. The summed E-state index contributed by atoms with van der Waals surface area (Å²) in [7, 11) is 0. The molecule has 0 bridgehead atoms. The zero-order chi connectivity index (χ0) is 15.1. The standard InChI is InChI=1S/C16H29NO4/c1-2-20-15(18)13-5-8-16(19,9-6-13)12-17-10-7-14-4-3-11-21-14/h13-14,17,19H,2-12H2,1H3. The summed E-state index contributed by atoms with van der Waals surface area (Å²) in [6.45, 7) is 4.65. The number of carbonyl (C=O) groups is 1. The predicted molar refractivity (Wildman–Crippen MR) is 80.0 cm³/mol. The van der Waals surface area contributed by atoms with E-state index in [0.29, 0.717) is 32.1 Å². The molecule has 0 radical (unpaired) electrons. The number of hydrogen-bond donors (Lipinski definition) is 2. The molecule has 2 N–H and O–H groups in total. The van der Waals surface area contributed by atoms with Crippen molar-refractivity contribution in [1.82, 2.24) is 5.32 Å². The number of aliphatic hydroxyl groups is 1. The molecule has 2 aliphatic rings. The first kappa shape index (κ1) is 16.7. The molecule has 0 spiro atoms. The molecule has 2 rings (SSSR count). The van der Waals surface area contributed by atoms with Crippen molar-refractivity contribution in [1.29, 1.82) is 0 Å². The molecule has 2 fully saturated rings. The number of rotatable bonds is 7. The minimum absolute atomic E-state index is 0.0305. The molecule has 5 heteroatoms. The van der Waals surface area contributed by atoms with Crippen LogP contribution in [0.4, 0.5) is 0 Å². The Morgan fingerprint density at radius 3 is 2.76 bits per heavy atom. The maximum atomic E-state index is 11.7. The van der Waals surface area contributed by atoms with E-state index >= 15 is 0 Å². The van der Waals surface area contributed by atoms with E-state index in [1.54, 1.807) is 0 Å². The van der Waals surface area contributed by atoms with Gasteiger partial charge < -0.3 is 19.9 Å². The molecule has 122 valence electrons. The topological polar surface area (TPSA) is 67.8 Å². The van der Waals surface area contributed by atoms with Gasteiger partial charge in [0.05, 0.1) is 24.2 Å². The average molecular weight is 299 g/mol. The van der Waals surface area contributed by atoms with Crippen LogP contribution in [0.3, 0.4) is 0 Å². The molecule has 1 unspecified atom stereocenters. The Kier molecular flexibility index (Phi) is 6.45. The van der Waals surface area contributed by atoms with E-state index in [-0.39, 0.29) is 11.9 Å². The molecule has 1 saturated carbocycles. The van der Waals surface area contributed by atoms with Crippen LogP contribution in [0.2, 0.25) is 0 Å². The van der Waals surface area contributed by atoms with Crippen molar-refractivity contribution in [3.63, 3.8) is 0 Å². The van der Waals surface area contributed by atoms with Gasteiger partial charge in [0.2, 0.25) is 0 Å². The maximum absolute atomic E-state index is 11.7.